The minimum atomic E-state index is -1.91. The summed E-state index contributed by atoms with van der Waals surface area (Å²) in [5, 5.41) is 7.64. The average molecular weight is 453 g/mol. The molecule has 0 bridgehead atoms. The third kappa shape index (κ3) is 4.53. The molecule has 32 heavy (non-hydrogen) atoms. The van der Waals surface area contributed by atoms with Crippen LogP contribution in [0.2, 0.25) is 25.7 Å². The van der Waals surface area contributed by atoms with Gasteiger partial charge in [-0.1, -0.05) is 152 Å². The van der Waals surface area contributed by atoms with Crippen LogP contribution in [0.15, 0.2) is 97.1 Å². The lowest BCUT2D eigenvalue weighted by Crippen LogP contribution is -2.58. The molecular formula is C30H36Si2. The van der Waals surface area contributed by atoms with Crippen molar-refractivity contribution in [3.63, 3.8) is 0 Å². The van der Waals surface area contributed by atoms with Crippen molar-refractivity contribution in [2.24, 2.45) is 0 Å². The number of benzene rings is 4. The van der Waals surface area contributed by atoms with Gasteiger partial charge >= 0.3 is 0 Å². The molecule has 1 atom stereocenters. The van der Waals surface area contributed by atoms with Crippen molar-refractivity contribution in [1.29, 1.82) is 0 Å². The molecule has 4 aromatic carbocycles. The van der Waals surface area contributed by atoms with Gasteiger partial charge in [0.05, 0.1) is 8.07 Å². The number of hydrogen-bond donors (Lipinski definition) is 0. The fourth-order valence-corrected chi connectivity index (χ4v) is 12.6. The molecule has 0 nitrogen and oxygen atoms in total. The molecule has 0 fully saturated rings. The Hall–Kier alpha value is -2.43. The molecule has 0 aliphatic heterocycles. The van der Waals surface area contributed by atoms with Crippen LogP contribution in [0.25, 0.3) is 10.8 Å². The van der Waals surface area contributed by atoms with Gasteiger partial charge in [-0.25, -0.2) is 0 Å². The van der Waals surface area contributed by atoms with Gasteiger partial charge in [0, 0.05) is 0 Å². The molecule has 1 unspecified atom stereocenters. The molecule has 0 amide bonds. The van der Waals surface area contributed by atoms with E-state index >= 15 is 0 Å². The van der Waals surface area contributed by atoms with Crippen molar-refractivity contribution in [3.8, 4) is 0 Å². The zero-order chi connectivity index (χ0) is 22.6. The van der Waals surface area contributed by atoms with E-state index in [9.17, 15) is 0 Å². The SMILES string of the molecule is CCCC[Si](C)(c1ccccc1C[Si](C)(C)c1ccccc1)c1cccc2ccccc12. The van der Waals surface area contributed by atoms with Crippen LogP contribution in [0.5, 0.6) is 0 Å². The minimum absolute atomic E-state index is 1.20. The van der Waals surface area contributed by atoms with Gasteiger partial charge in [0.2, 0.25) is 0 Å². The first kappa shape index (κ1) is 22.8. The maximum absolute atomic E-state index is 2.63. The van der Waals surface area contributed by atoms with E-state index in [4.69, 9.17) is 0 Å². The molecule has 0 aliphatic carbocycles. The topological polar surface area (TPSA) is 0 Å². The summed E-state index contributed by atoms with van der Waals surface area (Å²) in [4.78, 5) is 0. The lowest BCUT2D eigenvalue weighted by atomic mass is 10.1. The van der Waals surface area contributed by atoms with E-state index in [0.29, 0.717) is 0 Å². The molecule has 4 aromatic rings. The Bertz CT molecular complexity index is 1170. The van der Waals surface area contributed by atoms with Gasteiger partial charge in [-0.05, 0) is 28.0 Å². The first-order chi connectivity index (χ1) is 15.5. The maximum atomic E-state index is 2.63. The summed E-state index contributed by atoms with van der Waals surface area (Å²) in [6, 6.07) is 39.1. The van der Waals surface area contributed by atoms with E-state index in [1.165, 1.54) is 35.7 Å². The highest BCUT2D eigenvalue weighted by molar-refractivity contribution is 7.03. The van der Waals surface area contributed by atoms with E-state index in [0.717, 1.165) is 0 Å². The van der Waals surface area contributed by atoms with E-state index in [1.54, 1.807) is 21.1 Å². The van der Waals surface area contributed by atoms with Crippen LogP contribution < -0.4 is 15.6 Å². The smallest absolute Gasteiger partial charge is 0.0654 e. The summed E-state index contributed by atoms with van der Waals surface area (Å²) in [5.74, 6) is 0. The second-order valence-corrected chi connectivity index (χ2v) is 19.0. The quantitative estimate of drug-likeness (QED) is 0.267. The molecule has 164 valence electrons. The van der Waals surface area contributed by atoms with Gasteiger partial charge in [0.1, 0.15) is 8.07 Å². The van der Waals surface area contributed by atoms with E-state index in [1.807, 2.05) is 0 Å². The van der Waals surface area contributed by atoms with Crippen LogP contribution in [0, 0.1) is 0 Å². The lowest BCUT2D eigenvalue weighted by molar-refractivity contribution is 0.872. The summed E-state index contributed by atoms with van der Waals surface area (Å²) in [6.07, 6.45) is 2.54. The molecule has 0 aliphatic rings. The third-order valence-corrected chi connectivity index (χ3v) is 15.0. The van der Waals surface area contributed by atoms with Crippen molar-refractivity contribution in [1.82, 2.24) is 0 Å². The molecule has 0 radical (unpaired) electrons. The van der Waals surface area contributed by atoms with Crippen molar-refractivity contribution in [2.75, 3.05) is 0 Å². The summed E-state index contributed by atoms with van der Waals surface area (Å²) >= 11 is 0. The predicted octanol–water partition coefficient (Wildman–Crippen LogP) is 6.53. The number of unbranched alkanes of at least 4 members (excludes halogenated alkanes) is 1. The van der Waals surface area contributed by atoms with E-state index in [2.05, 4.69) is 124 Å². The molecule has 0 N–H and O–H groups in total. The largest absolute Gasteiger partial charge is 0.116 e. The van der Waals surface area contributed by atoms with Crippen LogP contribution in [0.1, 0.15) is 25.3 Å². The Labute approximate surface area is 196 Å². The highest BCUT2D eigenvalue weighted by atomic mass is 28.3. The normalized spacial score (nSPS) is 13.8. The molecule has 0 heterocycles. The van der Waals surface area contributed by atoms with Crippen molar-refractivity contribution in [2.45, 2.75) is 51.5 Å². The van der Waals surface area contributed by atoms with Crippen LogP contribution in [-0.2, 0) is 6.04 Å². The monoisotopic (exact) mass is 452 g/mol. The fourth-order valence-electron chi connectivity index (χ4n) is 5.33. The van der Waals surface area contributed by atoms with Crippen LogP contribution in [0.4, 0.5) is 0 Å². The van der Waals surface area contributed by atoms with Gasteiger partial charge in [-0.3, -0.25) is 0 Å². The van der Waals surface area contributed by atoms with Gasteiger partial charge in [0.15, 0.2) is 0 Å². The highest BCUT2D eigenvalue weighted by Crippen LogP contribution is 2.23. The van der Waals surface area contributed by atoms with E-state index in [-0.39, 0.29) is 0 Å². The second kappa shape index (κ2) is 9.60. The average Bonchev–Trinajstić information content (AvgIpc) is 2.83. The zero-order valence-electron chi connectivity index (χ0n) is 20.1. The summed E-state index contributed by atoms with van der Waals surface area (Å²) < 4.78 is 0. The summed E-state index contributed by atoms with van der Waals surface area (Å²) in [6.45, 7) is 10.0. The Kier molecular flexibility index (Phi) is 6.83. The van der Waals surface area contributed by atoms with Gasteiger partial charge < -0.3 is 0 Å². The Morgan fingerprint density at radius 2 is 1.25 bits per heavy atom. The van der Waals surface area contributed by atoms with Crippen molar-refractivity contribution in [3.05, 3.63) is 103 Å². The molecule has 0 aromatic heterocycles. The Balaban J connectivity index is 1.85. The lowest BCUT2D eigenvalue weighted by Gasteiger charge is -2.34. The van der Waals surface area contributed by atoms with Gasteiger partial charge in [-0.15, -0.1) is 0 Å². The van der Waals surface area contributed by atoms with Crippen LogP contribution in [0.3, 0.4) is 0 Å². The summed E-state index contributed by atoms with van der Waals surface area (Å²) in [5.41, 5.74) is 1.59. The predicted molar refractivity (Wildman–Crippen MR) is 148 cm³/mol. The molecular weight excluding hydrogens is 417 g/mol. The summed E-state index contributed by atoms with van der Waals surface area (Å²) in [7, 11) is -3.50. The molecule has 0 saturated heterocycles. The van der Waals surface area contributed by atoms with Crippen LogP contribution in [-0.4, -0.2) is 16.1 Å². The molecule has 2 heteroatoms. The number of hydrogen-bond acceptors (Lipinski definition) is 0. The molecule has 0 saturated carbocycles. The maximum Gasteiger partial charge on any atom is 0.116 e. The fraction of sp³-hybridized carbons (Fsp3) is 0.267. The molecule has 0 spiro atoms. The Morgan fingerprint density at radius 1 is 0.625 bits per heavy atom. The number of rotatable bonds is 8. The van der Waals surface area contributed by atoms with Gasteiger partial charge in [0.25, 0.3) is 0 Å². The zero-order valence-corrected chi connectivity index (χ0v) is 22.1. The van der Waals surface area contributed by atoms with Crippen molar-refractivity contribution < 1.29 is 0 Å². The highest BCUT2D eigenvalue weighted by Gasteiger charge is 2.36. The minimum Gasteiger partial charge on any atom is -0.0654 e. The van der Waals surface area contributed by atoms with Crippen LogP contribution >= 0.6 is 0 Å². The standard InChI is InChI=1S/C30H36Si2/c1-5-6-23-32(4,30-22-14-17-25-15-10-12-20-28(25)30)29-21-13-11-16-26(29)24-31(2,3)27-18-8-7-9-19-27/h7-22H,5-6,23-24H2,1-4H3. The molecule has 4 rings (SSSR count). The van der Waals surface area contributed by atoms with Gasteiger partial charge in [-0.2, -0.15) is 0 Å². The first-order valence-electron chi connectivity index (χ1n) is 12.1. The Morgan fingerprint density at radius 3 is 2.03 bits per heavy atom. The first-order valence-corrected chi connectivity index (χ1v) is 18.0. The van der Waals surface area contributed by atoms with Crippen molar-refractivity contribution >= 4 is 42.5 Å². The third-order valence-electron chi connectivity index (χ3n) is 7.21. The second-order valence-electron chi connectivity index (χ2n) is 10.0. The van der Waals surface area contributed by atoms with E-state index < -0.39 is 16.1 Å². The number of fused-ring (bicyclic) bond motifs is 1.